The maximum atomic E-state index is 10.8. The normalized spacial score (nSPS) is 20.7. The highest BCUT2D eigenvalue weighted by molar-refractivity contribution is 5.76. The summed E-state index contributed by atoms with van der Waals surface area (Å²) in [5.74, 6) is -0.186. The molecule has 68 valence electrons. The summed E-state index contributed by atoms with van der Waals surface area (Å²) in [5.41, 5.74) is 5.16. The summed E-state index contributed by atoms with van der Waals surface area (Å²) in [6, 6.07) is 0. The van der Waals surface area contributed by atoms with Crippen molar-refractivity contribution >= 4 is 12.2 Å². The van der Waals surface area contributed by atoms with Crippen molar-refractivity contribution < 1.29 is 9.59 Å². The number of primary amides is 1. The standard InChI is InChI=1S/C8H14N2O2/c9-8(12)7-1-3-10(4-2-7)5-6-11/h6-7H,1-5H2,(H2,9,12). The molecule has 1 fully saturated rings. The van der Waals surface area contributed by atoms with Crippen LogP contribution in [0.15, 0.2) is 0 Å². The molecule has 0 aromatic carbocycles. The Kier molecular flexibility index (Phi) is 3.22. The molecule has 1 heterocycles. The number of piperidine rings is 1. The first-order valence-electron chi connectivity index (χ1n) is 4.19. The molecule has 1 rings (SSSR count). The number of amides is 1. The molecular formula is C8H14N2O2. The maximum Gasteiger partial charge on any atom is 0.220 e. The molecule has 0 atom stereocenters. The first kappa shape index (κ1) is 9.19. The fourth-order valence-corrected chi connectivity index (χ4v) is 1.51. The zero-order chi connectivity index (χ0) is 8.97. The van der Waals surface area contributed by atoms with Gasteiger partial charge in [0.25, 0.3) is 0 Å². The minimum Gasteiger partial charge on any atom is -0.369 e. The number of nitrogens with zero attached hydrogens (tertiary/aromatic N) is 1. The molecule has 0 aliphatic carbocycles. The Hall–Kier alpha value is -0.900. The van der Waals surface area contributed by atoms with Gasteiger partial charge in [0.2, 0.25) is 5.91 Å². The van der Waals surface area contributed by atoms with Crippen LogP contribution in [0, 0.1) is 5.92 Å². The summed E-state index contributed by atoms with van der Waals surface area (Å²) in [6.45, 7) is 2.10. The third kappa shape index (κ3) is 2.30. The third-order valence-corrected chi connectivity index (χ3v) is 2.32. The van der Waals surface area contributed by atoms with Crippen molar-refractivity contribution in [2.75, 3.05) is 19.6 Å². The second-order valence-electron chi connectivity index (χ2n) is 3.14. The minimum absolute atomic E-state index is 0.0212. The molecule has 12 heavy (non-hydrogen) atoms. The second-order valence-corrected chi connectivity index (χ2v) is 3.14. The van der Waals surface area contributed by atoms with Crippen molar-refractivity contribution in [1.29, 1.82) is 0 Å². The van der Waals surface area contributed by atoms with E-state index in [1.54, 1.807) is 0 Å². The molecule has 0 saturated carbocycles. The lowest BCUT2D eigenvalue weighted by Crippen LogP contribution is -2.39. The number of carbonyl (C=O) groups is 2. The second kappa shape index (κ2) is 4.21. The fraction of sp³-hybridized carbons (Fsp3) is 0.750. The van der Waals surface area contributed by atoms with Gasteiger partial charge in [0.1, 0.15) is 6.29 Å². The molecule has 1 amide bonds. The van der Waals surface area contributed by atoms with Gasteiger partial charge in [-0.2, -0.15) is 0 Å². The molecule has 0 unspecified atom stereocenters. The number of rotatable bonds is 3. The van der Waals surface area contributed by atoms with E-state index < -0.39 is 0 Å². The van der Waals surface area contributed by atoms with Crippen LogP contribution in [0.25, 0.3) is 0 Å². The van der Waals surface area contributed by atoms with E-state index in [1.165, 1.54) is 0 Å². The molecular weight excluding hydrogens is 156 g/mol. The number of nitrogens with two attached hydrogens (primary N) is 1. The maximum absolute atomic E-state index is 10.8. The number of hydrogen-bond acceptors (Lipinski definition) is 3. The van der Waals surface area contributed by atoms with Crippen molar-refractivity contribution in [2.45, 2.75) is 12.8 Å². The molecule has 4 heteroatoms. The van der Waals surface area contributed by atoms with Crippen molar-refractivity contribution in [3.8, 4) is 0 Å². The van der Waals surface area contributed by atoms with E-state index in [0.717, 1.165) is 32.2 Å². The fourth-order valence-electron chi connectivity index (χ4n) is 1.51. The van der Waals surface area contributed by atoms with E-state index in [1.807, 2.05) is 4.90 Å². The Morgan fingerprint density at radius 3 is 2.50 bits per heavy atom. The summed E-state index contributed by atoms with van der Waals surface area (Å²) in [6.07, 6.45) is 2.48. The van der Waals surface area contributed by atoms with Crippen molar-refractivity contribution in [3.63, 3.8) is 0 Å². The monoisotopic (exact) mass is 170 g/mol. The molecule has 2 N–H and O–H groups in total. The summed E-state index contributed by atoms with van der Waals surface area (Å²) < 4.78 is 0. The van der Waals surface area contributed by atoms with E-state index in [2.05, 4.69) is 0 Å². The van der Waals surface area contributed by atoms with Crippen molar-refractivity contribution in [3.05, 3.63) is 0 Å². The van der Waals surface area contributed by atoms with Crippen molar-refractivity contribution in [1.82, 2.24) is 4.90 Å². The first-order valence-corrected chi connectivity index (χ1v) is 4.19. The smallest absolute Gasteiger partial charge is 0.220 e. The van der Waals surface area contributed by atoms with Crippen molar-refractivity contribution in [2.24, 2.45) is 11.7 Å². The van der Waals surface area contributed by atoms with Crippen LogP contribution in [0.1, 0.15) is 12.8 Å². The van der Waals surface area contributed by atoms with Gasteiger partial charge in [-0.25, -0.2) is 0 Å². The Labute approximate surface area is 71.7 Å². The lowest BCUT2D eigenvalue weighted by Gasteiger charge is -2.28. The molecule has 0 spiro atoms. The topological polar surface area (TPSA) is 63.4 Å². The minimum atomic E-state index is -0.208. The molecule has 1 saturated heterocycles. The van der Waals surface area contributed by atoms with E-state index in [4.69, 9.17) is 5.73 Å². The molecule has 0 radical (unpaired) electrons. The highest BCUT2D eigenvalue weighted by atomic mass is 16.1. The van der Waals surface area contributed by atoms with Gasteiger partial charge in [0.05, 0.1) is 6.54 Å². The number of likely N-dealkylation sites (tertiary alicyclic amines) is 1. The van der Waals surface area contributed by atoms with Gasteiger partial charge in [0, 0.05) is 5.92 Å². The number of carbonyl (C=O) groups excluding carboxylic acids is 2. The van der Waals surface area contributed by atoms with Crippen LogP contribution >= 0.6 is 0 Å². The predicted molar refractivity (Wildman–Crippen MR) is 44.4 cm³/mol. The third-order valence-electron chi connectivity index (χ3n) is 2.32. The van der Waals surface area contributed by atoms with Gasteiger partial charge in [0.15, 0.2) is 0 Å². The molecule has 0 aromatic rings. The highest BCUT2D eigenvalue weighted by Gasteiger charge is 2.22. The van der Waals surface area contributed by atoms with E-state index in [-0.39, 0.29) is 11.8 Å². The molecule has 0 bridgehead atoms. The van der Waals surface area contributed by atoms with E-state index in [9.17, 15) is 9.59 Å². The van der Waals surface area contributed by atoms with E-state index >= 15 is 0 Å². The zero-order valence-corrected chi connectivity index (χ0v) is 7.03. The SMILES string of the molecule is NC(=O)C1CCN(CC=O)CC1. The first-order chi connectivity index (χ1) is 5.74. The van der Waals surface area contributed by atoms with Gasteiger partial charge in [-0.3, -0.25) is 9.69 Å². The van der Waals surface area contributed by atoms with Gasteiger partial charge in [-0.05, 0) is 25.9 Å². The van der Waals surface area contributed by atoms with Crippen LogP contribution in [0.2, 0.25) is 0 Å². The summed E-state index contributed by atoms with van der Waals surface area (Å²) >= 11 is 0. The molecule has 1 aliphatic heterocycles. The molecule has 1 aliphatic rings. The highest BCUT2D eigenvalue weighted by Crippen LogP contribution is 2.15. The summed E-state index contributed by atoms with van der Waals surface area (Å²) in [5, 5.41) is 0. The Balaban J connectivity index is 2.29. The summed E-state index contributed by atoms with van der Waals surface area (Å²) in [7, 11) is 0. The van der Waals surface area contributed by atoms with Crippen LogP contribution < -0.4 is 5.73 Å². The van der Waals surface area contributed by atoms with Crippen LogP contribution in [0.5, 0.6) is 0 Å². The van der Waals surface area contributed by atoms with E-state index in [0.29, 0.717) is 6.54 Å². The van der Waals surface area contributed by atoms with Crippen LogP contribution in [0.4, 0.5) is 0 Å². The van der Waals surface area contributed by atoms with Gasteiger partial charge < -0.3 is 10.5 Å². The van der Waals surface area contributed by atoms with Crippen LogP contribution in [-0.2, 0) is 9.59 Å². The molecule has 4 nitrogen and oxygen atoms in total. The number of hydrogen-bond donors (Lipinski definition) is 1. The Morgan fingerprint density at radius 2 is 2.08 bits per heavy atom. The van der Waals surface area contributed by atoms with Gasteiger partial charge in [-0.15, -0.1) is 0 Å². The van der Waals surface area contributed by atoms with Crippen LogP contribution in [-0.4, -0.2) is 36.7 Å². The Morgan fingerprint density at radius 1 is 1.50 bits per heavy atom. The quantitative estimate of drug-likeness (QED) is 0.574. The average Bonchev–Trinajstić information content (AvgIpc) is 2.06. The predicted octanol–water partition coefficient (Wildman–Crippen LogP) is -0.617. The zero-order valence-electron chi connectivity index (χ0n) is 7.03. The lowest BCUT2D eigenvalue weighted by molar-refractivity contribution is -0.123. The Bertz CT molecular complexity index is 174. The lowest BCUT2D eigenvalue weighted by atomic mass is 9.96. The average molecular weight is 170 g/mol. The molecule has 0 aromatic heterocycles. The largest absolute Gasteiger partial charge is 0.369 e. The number of aldehydes is 1. The van der Waals surface area contributed by atoms with Gasteiger partial charge in [-0.1, -0.05) is 0 Å². The van der Waals surface area contributed by atoms with Crippen LogP contribution in [0.3, 0.4) is 0 Å². The summed E-state index contributed by atoms with van der Waals surface area (Å²) in [4.78, 5) is 22.9. The van der Waals surface area contributed by atoms with Gasteiger partial charge >= 0.3 is 0 Å².